The number of nitriles is 1. The maximum absolute atomic E-state index is 10.2. The van der Waals surface area contributed by atoms with E-state index in [1.165, 1.54) is 0 Å². The zero-order valence-electron chi connectivity index (χ0n) is 11.3. The Hall–Kier alpha value is -1.57. The number of nitrogens with zero attached hydrogens (tertiary/aromatic N) is 1. The Morgan fingerprint density at radius 1 is 1.42 bits per heavy atom. The molecule has 0 radical (unpaired) electrons. The largest absolute Gasteiger partial charge is 0.495 e. The van der Waals surface area contributed by atoms with Gasteiger partial charge in [-0.3, -0.25) is 0 Å². The lowest BCUT2D eigenvalue weighted by atomic mass is 10.0. The van der Waals surface area contributed by atoms with Gasteiger partial charge in [-0.05, 0) is 30.5 Å². The zero-order chi connectivity index (χ0) is 13.7. The van der Waals surface area contributed by atoms with Gasteiger partial charge in [0.25, 0.3) is 0 Å². The molecule has 1 aliphatic carbocycles. The van der Waals surface area contributed by atoms with Gasteiger partial charge in [-0.1, -0.05) is 18.9 Å². The van der Waals surface area contributed by atoms with Gasteiger partial charge in [0.2, 0.25) is 0 Å². The van der Waals surface area contributed by atoms with Gasteiger partial charge >= 0.3 is 0 Å². The van der Waals surface area contributed by atoms with Crippen LogP contribution in [-0.2, 0) is 6.54 Å². The van der Waals surface area contributed by atoms with Crippen molar-refractivity contribution in [2.75, 3.05) is 13.7 Å². The van der Waals surface area contributed by atoms with Gasteiger partial charge in [0.15, 0.2) is 0 Å². The van der Waals surface area contributed by atoms with Crippen LogP contribution in [0.25, 0.3) is 0 Å². The van der Waals surface area contributed by atoms with Crippen molar-refractivity contribution in [3.63, 3.8) is 0 Å². The predicted molar refractivity (Wildman–Crippen MR) is 72.8 cm³/mol. The van der Waals surface area contributed by atoms with Crippen molar-refractivity contribution in [1.82, 2.24) is 5.32 Å². The smallest absolute Gasteiger partial charge is 0.136 e. The van der Waals surface area contributed by atoms with Gasteiger partial charge in [0.05, 0.1) is 18.3 Å². The molecule has 1 aromatic carbocycles. The summed E-state index contributed by atoms with van der Waals surface area (Å²) in [5, 5.41) is 22.5. The highest BCUT2D eigenvalue weighted by atomic mass is 16.5. The normalized spacial score (nSPS) is 17.1. The standard InChI is InChI=1S/C15H20N2O2/c1-19-14-5-4-12(8-13(14)9-16)10-17-11-15(18)6-2-3-7-15/h4-5,8,17-18H,2-3,6-7,10-11H2,1H3. The van der Waals surface area contributed by atoms with Gasteiger partial charge in [-0.15, -0.1) is 0 Å². The minimum Gasteiger partial charge on any atom is -0.495 e. The summed E-state index contributed by atoms with van der Waals surface area (Å²) >= 11 is 0. The maximum Gasteiger partial charge on any atom is 0.136 e. The number of hydrogen-bond donors (Lipinski definition) is 2. The van der Waals surface area contributed by atoms with E-state index in [2.05, 4.69) is 11.4 Å². The summed E-state index contributed by atoms with van der Waals surface area (Å²) in [6.45, 7) is 1.27. The molecule has 0 amide bonds. The summed E-state index contributed by atoms with van der Waals surface area (Å²) < 4.78 is 5.11. The number of ether oxygens (including phenoxy) is 1. The second-order valence-electron chi connectivity index (χ2n) is 5.18. The molecule has 4 heteroatoms. The number of nitrogens with one attached hydrogen (secondary N) is 1. The van der Waals surface area contributed by atoms with Crippen molar-refractivity contribution in [2.45, 2.75) is 37.8 Å². The summed E-state index contributed by atoms with van der Waals surface area (Å²) in [6, 6.07) is 7.69. The monoisotopic (exact) mass is 260 g/mol. The second kappa shape index (κ2) is 6.05. The maximum atomic E-state index is 10.2. The van der Waals surface area contributed by atoms with Gasteiger partial charge in [-0.25, -0.2) is 0 Å². The van der Waals surface area contributed by atoms with Crippen molar-refractivity contribution in [1.29, 1.82) is 5.26 Å². The topological polar surface area (TPSA) is 65.3 Å². The molecule has 0 atom stereocenters. The molecule has 1 fully saturated rings. The number of benzene rings is 1. The highest BCUT2D eigenvalue weighted by Gasteiger charge is 2.30. The Balaban J connectivity index is 1.91. The Kier molecular flexibility index (Phi) is 4.41. The first kappa shape index (κ1) is 13.9. The fourth-order valence-corrected chi connectivity index (χ4v) is 2.60. The van der Waals surface area contributed by atoms with Gasteiger partial charge in [0, 0.05) is 13.1 Å². The van der Waals surface area contributed by atoms with Crippen LogP contribution in [0.4, 0.5) is 0 Å². The third kappa shape index (κ3) is 3.46. The molecule has 0 saturated heterocycles. The first-order valence-corrected chi connectivity index (χ1v) is 6.67. The van der Waals surface area contributed by atoms with Crippen LogP contribution >= 0.6 is 0 Å². The number of rotatable bonds is 5. The predicted octanol–water partition coefficient (Wildman–Crippen LogP) is 1.96. The van der Waals surface area contributed by atoms with E-state index in [0.29, 0.717) is 24.4 Å². The van der Waals surface area contributed by atoms with Crippen LogP contribution in [0.1, 0.15) is 36.8 Å². The van der Waals surface area contributed by atoms with E-state index >= 15 is 0 Å². The van der Waals surface area contributed by atoms with Crippen LogP contribution in [0, 0.1) is 11.3 Å². The van der Waals surface area contributed by atoms with E-state index < -0.39 is 5.60 Å². The molecule has 1 saturated carbocycles. The molecule has 2 N–H and O–H groups in total. The molecule has 0 aromatic heterocycles. The molecule has 0 unspecified atom stereocenters. The van der Waals surface area contributed by atoms with Gasteiger partial charge in [-0.2, -0.15) is 5.26 Å². The fraction of sp³-hybridized carbons (Fsp3) is 0.533. The Labute approximate surface area is 114 Å². The summed E-state index contributed by atoms with van der Waals surface area (Å²) in [7, 11) is 1.56. The lowest BCUT2D eigenvalue weighted by molar-refractivity contribution is 0.0475. The minimum atomic E-state index is -0.537. The van der Waals surface area contributed by atoms with E-state index in [0.717, 1.165) is 31.2 Å². The summed E-state index contributed by atoms with van der Waals surface area (Å²) in [4.78, 5) is 0. The van der Waals surface area contributed by atoms with Crippen LogP contribution in [0.15, 0.2) is 18.2 Å². The van der Waals surface area contributed by atoms with Crippen molar-refractivity contribution in [2.24, 2.45) is 0 Å². The van der Waals surface area contributed by atoms with E-state index in [9.17, 15) is 5.11 Å². The Bertz CT molecular complexity index is 474. The third-order valence-electron chi connectivity index (χ3n) is 3.70. The van der Waals surface area contributed by atoms with E-state index in [4.69, 9.17) is 10.00 Å². The molecule has 0 spiro atoms. The molecule has 1 aliphatic rings. The molecule has 19 heavy (non-hydrogen) atoms. The lowest BCUT2D eigenvalue weighted by Crippen LogP contribution is -2.37. The van der Waals surface area contributed by atoms with Gasteiger partial charge in [0.1, 0.15) is 11.8 Å². The summed E-state index contributed by atoms with van der Waals surface area (Å²) in [5.41, 5.74) is 1.03. The molecule has 0 aliphatic heterocycles. The van der Waals surface area contributed by atoms with Crippen LogP contribution < -0.4 is 10.1 Å². The van der Waals surface area contributed by atoms with Crippen molar-refractivity contribution in [3.05, 3.63) is 29.3 Å². The molecule has 2 rings (SSSR count). The quantitative estimate of drug-likeness (QED) is 0.849. The first-order chi connectivity index (χ1) is 9.17. The van der Waals surface area contributed by atoms with Crippen molar-refractivity contribution in [3.8, 4) is 11.8 Å². The average molecular weight is 260 g/mol. The molecule has 4 nitrogen and oxygen atoms in total. The van der Waals surface area contributed by atoms with Crippen molar-refractivity contribution >= 4 is 0 Å². The minimum absolute atomic E-state index is 0.537. The number of aliphatic hydroxyl groups is 1. The third-order valence-corrected chi connectivity index (χ3v) is 3.70. The number of hydrogen-bond acceptors (Lipinski definition) is 4. The molecule has 1 aromatic rings. The highest BCUT2D eigenvalue weighted by Crippen LogP contribution is 2.28. The summed E-state index contributed by atoms with van der Waals surface area (Å²) in [6.07, 6.45) is 3.98. The number of methoxy groups -OCH3 is 1. The first-order valence-electron chi connectivity index (χ1n) is 6.67. The van der Waals surface area contributed by atoms with Crippen LogP contribution in [0.2, 0.25) is 0 Å². The highest BCUT2D eigenvalue weighted by molar-refractivity contribution is 5.45. The van der Waals surface area contributed by atoms with E-state index in [1.54, 1.807) is 13.2 Å². The molecular weight excluding hydrogens is 240 g/mol. The van der Waals surface area contributed by atoms with E-state index in [-0.39, 0.29) is 0 Å². The molecule has 102 valence electrons. The summed E-state index contributed by atoms with van der Waals surface area (Å²) in [5.74, 6) is 0.598. The fourth-order valence-electron chi connectivity index (χ4n) is 2.60. The lowest BCUT2D eigenvalue weighted by Gasteiger charge is -2.22. The second-order valence-corrected chi connectivity index (χ2v) is 5.18. The Morgan fingerprint density at radius 2 is 2.16 bits per heavy atom. The van der Waals surface area contributed by atoms with Gasteiger partial charge < -0.3 is 15.2 Å². The molecule has 0 bridgehead atoms. The molecular formula is C15H20N2O2. The van der Waals surface area contributed by atoms with Crippen molar-refractivity contribution < 1.29 is 9.84 Å². The van der Waals surface area contributed by atoms with Crippen LogP contribution in [0.5, 0.6) is 5.75 Å². The van der Waals surface area contributed by atoms with E-state index in [1.807, 2.05) is 12.1 Å². The van der Waals surface area contributed by atoms with Crippen LogP contribution in [0.3, 0.4) is 0 Å². The zero-order valence-corrected chi connectivity index (χ0v) is 11.3. The SMILES string of the molecule is COc1ccc(CNCC2(O)CCCC2)cc1C#N. The Morgan fingerprint density at radius 3 is 2.79 bits per heavy atom. The van der Waals surface area contributed by atoms with Crippen LogP contribution in [-0.4, -0.2) is 24.4 Å². The molecule has 0 heterocycles. The average Bonchev–Trinajstić information content (AvgIpc) is 2.85.